The Hall–Kier alpha value is -1.36. The summed E-state index contributed by atoms with van der Waals surface area (Å²) in [6, 6.07) is 13.6. The Balaban J connectivity index is 1.81. The zero-order valence-electron chi connectivity index (χ0n) is 10.6. The summed E-state index contributed by atoms with van der Waals surface area (Å²) in [4.78, 5) is 5.06. The maximum atomic E-state index is 10.1. The van der Waals surface area contributed by atoms with Crippen molar-refractivity contribution in [3.8, 4) is 0 Å². The Labute approximate surface area is 117 Å². The van der Waals surface area contributed by atoms with Crippen molar-refractivity contribution in [2.24, 2.45) is 5.73 Å². The third-order valence-corrected chi connectivity index (χ3v) is 3.99. The highest BCUT2D eigenvalue weighted by Crippen LogP contribution is 2.18. The van der Waals surface area contributed by atoms with Gasteiger partial charge >= 0.3 is 0 Å². The van der Waals surface area contributed by atoms with Gasteiger partial charge < -0.3 is 10.8 Å². The van der Waals surface area contributed by atoms with Gasteiger partial charge in [0.15, 0.2) is 0 Å². The van der Waals surface area contributed by atoms with E-state index in [0.717, 1.165) is 10.5 Å². The number of nitrogens with two attached hydrogens (primary N) is 1. The summed E-state index contributed by atoms with van der Waals surface area (Å²) >= 11 is 1.60. The zero-order chi connectivity index (χ0) is 13.5. The van der Waals surface area contributed by atoms with E-state index < -0.39 is 6.10 Å². The number of thioether (sulfide) groups is 1. The van der Waals surface area contributed by atoms with E-state index in [1.54, 1.807) is 24.2 Å². The van der Waals surface area contributed by atoms with Crippen LogP contribution in [0.3, 0.4) is 0 Å². The number of aromatic nitrogens is 1. The van der Waals surface area contributed by atoms with Gasteiger partial charge in [-0.15, -0.1) is 11.8 Å². The predicted octanol–water partition coefficient (Wildman–Crippen LogP) is 2.10. The Morgan fingerprint density at radius 1 is 1.11 bits per heavy atom. The fraction of sp³-hybridized carbons (Fsp3) is 0.267. The van der Waals surface area contributed by atoms with Crippen molar-refractivity contribution < 1.29 is 5.11 Å². The molecule has 2 aromatic rings. The number of aliphatic hydroxyl groups excluding tert-OH is 1. The Kier molecular flexibility index (Phi) is 5.39. The summed E-state index contributed by atoms with van der Waals surface area (Å²) in [6.45, 7) is 0. The molecule has 19 heavy (non-hydrogen) atoms. The van der Waals surface area contributed by atoms with E-state index >= 15 is 0 Å². The highest BCUT2D eigenvalue weighted by molar-refractivity contribution is 7.99. The van der Waals surface area contributed by atoms with Crippen LogP contribution in [-0.4, -0.2) is 28.0 Å². The van der Waals surface area contributed by atoms with E-state index in [0.29, 0.717) is 12.2 Å². The Bertz CT molecular complexity index is 478. The molecule has 2 atom stereocenters. The maximum Gasteiger partial charge on any atom is 0.0788 e. The highest BCUT2D eigenvalue weighted by Gasteiger charge is 2.15. The molecule has 2 unspecified atom stereocenters. The molecule has 0 amide bonds. The lowest BCUT2D eigenvalue weighted by Gasteiger charge is -2.18. The molecular formula is C15H18N2OS. The number of rotatable bonds is 6. The number of benzene rings is 1. The monoisotopic (exact) mass is 274 g/mol. The lowest BCUT2D eigenvalue weighted by atomic mass is 10.0. The fourth-order valence-corrected chi connectivity index (χ4v) is 2.69. The van der Waals surface area contributed by atoms with Crippen LogP contribution in [-0.2, 0) is 6.42 Å². The van der Waals surface area contributed by atoms with E-state index in [9.17, 15) is 5.11 Å². The molecule has 1 aromatic carbocycles. The summed E-state index contributed by atoms with van der Waals surface area (Å²) in [5, 5.41) is 10.1. The molecule has 100 valence electrons. The molecule has 0 bridgehead atoms. The quantitative estimate of drug-likeness (QED) is 0.792. The maximum absolute atomic E-state index is 10.1. The van der Waals surface area contributed by atoms with Gasteiger partial charge in [0, 0.05) is 29.1 Å². The topological polar surface area (TPSA) is 59.1 Å². The number of aliphatic hydroxyl groups is 1. The first-order chi connectivity index (χ1) is 9.25. The molecule has 3 nitrogen and oxygen atoms in total. The minimum absolute atomic E-state index is 0.239. The molecule has 1 heterocycles. The van der Waals surface area contributed by atoms with E-state index in [4.69, 9.17) is 5.73 Å². The van der Waals surface area contributed by atoms with Crippen molar-refractivity contribution in [2.75, 3.05) is 5.75 Å². The van der Waals surface area contributed by atoms with Crippen LogP contribution in [0.5, 0.6) is 0 Å². The van der Waals surface area contributed by atoms with E-state index in [1.807, 2.05) is 42.5 Å². The van der Waals surface area contributed by atoms with E-state index in [-0.39, 0.29) is 6.04 Å². The summed E-state index contributed by atoms with van der Waals surface area (Å²) in [6.07, 6.45) is 3.68. The minimum atomic E-state index is -0.515. The second-order valence-electron chi connectivity index (χ2n) is 4.41. The Morgan fingerprint density at radius 3 is 2.47 bits per heavy atom. The second-order valence-corrected chi connectivity index (χ2v) is 5.51. The van der Waals surface area contributed by atoms with Crippen molar-refractivity contribution in [2.45, 2.75) is 23.5 Å². The molecule has 0 fully saturated rings. The molecule has 4 heteroatoms. The van der Waals surface area contributed by atoms with Crippen LogP contribution in [0.4, 0.5) is 0 Å². The van der Waals surface area contributed by atoms with Crippen molar-refractivity contribution in [3.05, 3.63) is 60.4 Å². The standard InChI is InChI=1S/C15H18N2OS/c16-14(10-12-4-2-1-3-5-12)15(18)11-19-13-6-8-17-9-7-13/h1-9,14-15,18H,10-11,16H2. The second kappa shape index (κ2) is 7.28. The van der Waals surface area contributed by atoms with Gasteiger partial charge in [-0.05, 0) is 24.1 Å². The predicted molar refractivity (Wildman–Crippen MR) is 79.1 cm³/mol. The summed E-state index contributed by atoms with van der Waals surface area (Å²) in [5.74, 6) is 0.595. The van der Waals surface area contributed by atoms with Crippen LogP contribution < -0.4 is 5.73 Å². The van der Waals surface area contributed by atoms with Gasteiger partial charge in [0.1, 0.15) is 0 Å². The normalized spacial score (nSPS) is 14.0. The van der Waals surface area contributed by atoms with Crippen LogP contribution in [0.1, 0.15) is 5.56 Å². The average molecular weight is 274 g/mol. The van der Waals surface area contributed by atoms with Crippen LogP contribution >= 0.6 is 11.8 Å². The molecule has 0 aliphatic heterocycles. The summed E-state index contributed by atoms with van der Waals surface area (Å²) < 4.78 is 0. The largest absolute Gasteiger partial charge is 0.391 e. The first kappa shape index (κ1) is 14.1. The average Bonchev–Trinajstić information content (AvgIpc) is 2.47. The molecule has 0 aliphatic carbocycles. The minimum Gasteiger partial charge on any atom is -0.391 e. The van der Waals surface area contributed by atoms with Gasteiger partial charge in [-0.2, -0.15) is 0 Å². The van der Waals surface area contributed by atoms with Crippen molar-refractivity contribution in [1.82, 2.24) is 4.98 Å². The first-order valence-electron chi connectivity index (χ1n) is 6.26. The number of nitrogens with zero attached hydrogens (tertiary/aromatic N) is 1. The van der Waals surface area contributed by atoms with Gasteiger partial charge in [0.2, 0.25) is 0 Å². The number of hydrogen-bond acceptors (Lipinski definition) is 4. The molecule has 0 radical (unpaired) electrons. The van der Waals surface area contributed by atoms with Crippen LogP contribution in [0, 0.1) is 0 Å². The zero-order valence-corrected chi connectivity index (χ0v) is 11.5. The third-order valence-electron chi connectivity index (χ3n) is 2.88. The van der Waals surface area contributed by atoms with Gasteiger partial charge in [-0.3, -0.25) is 4.98 Å². The van der Waals surface area contributed by atoms with Crippen molar-refractivity contribution >= 4 is 11.8 Å². The van der Waals surface area contributed by atoms with Gasteiger partial charge in [-0.1, -0.05) is 30.3 Å². The lowest BCUT2D eigenvalue weighted by molar-refractivity contribution is 0.167. The van der Waals surface area contributed by atoms with Gasteiger partial charge in [0.25, 0.3) is 0 Å². The first-order valence-corrected chi connectivity index (χ1v) is 7.24. The third kappa shape index (κ3) is 4.67. The molecular weight excluding hydrogens is 256 g/mol. The van der Waals surface area contributed by atoms with Gasteiger partial charge in [0.05, 0.1) is 6.10 Å². The van der Waals surface area contributed by atoms with Crippen LogP contribution in [0.25, 0.3) is 0 Å². The number of hydrogen-bond donors (Lipinski definition) is 2. The molecule has 2 rings (SSSR count). The SMILES string of the molecule is NC(Cc1ccccc1)C(O)CSc1ccncc1. The lowest BCUT2D eigenvalue weighted by Crippen LogP contribution is -2.38. The highest BCUT2D eigenvalue weighted by atomic mass is 32.2. The van der Waals surface area contributed by atoms with E-state index in [2.05, 4.69) is 4.98 Å². The Morgan fingerprint density at radius 2 is 1.79 bits per heavy atom. The number of pyridine rings is 1. The molecule has 0 aliphatic rings. The molecule has 0 saturated heterocycles. The van der Waals surface area contributed by atoms with Crippen LogP contribution in [0.2, 0.25) is 0 Å². The molecule has 0 spiro atoms. The summed E-state index contributed by atoms with van der Waals surface area (Å²) in [5.41, 5.74) is 7.19. The molecule has 1 aromatic heterocycles. The molecule has 0 saturated carbocycles. The molecule has 3 N–H and O–H groups in total. The fourth-order valence-electron chi connectivity index (χ4n) is 1.76. The van der Waals surface area contributed by atoms with Crippen LogP contribution in [0.15, 0.2) is 59.8 Å². The van der Waals surface area contributed by atoms with Gasteiger partial charge in [-0.25, -0.2) is 0 Å². The van der Waals surface area contributed by atoms with Crippen molar-refractivity contribution in [3.63, 3.8) is 0 Å². The smallest absolute Gasteiger partial charge is 0.0788 e. The van der Waals surface area contributed by atoms with Crippen molar-refractivity contribution in [1.29, 1.82) is 0 Å². The summed E-state index contributed by atoms with van der Waals surface area (Å²) in [7, 11) is 0. The van der Waals surface area contributed by atoms with E-state index in [1.165, 1.54) is 0 Å².